The van der Waals surface area contributed by atoms with Crippen LogP contribution in [0.4, 0.5) is 0 Å². The normalized spacial score (nSPS) is 14.2. The molecule has 0 atom stereocenters. The van der Waals surface area contributed by atoms with Crippen LogP contribution in [0.2, 0.25) is 0 Å². The summed E-state index contributed by atoms with van der Waals surface area (Å²) in [6, 6.07) is 4.20. The average molecular weight is 244 g/mol. The second kappa shape index (κ2) is 4.38. The highest BCUT2D eigenvalue weighted by Gasteiger charge is 2.16. The monoisotopic (exact) mass is 244 g/mol. The Labute approximate surface area is 95.2 Å². The van der Waals surface area contributed by atoms with Gasteiger partial charge < -0.3 is 4.18 Å². The zero-order chi connectivity index (χ0) is 9.26. The lowest BCUT2D eigenvalue weighted by Gasteiger charge is -2.06. The topological polar surface area (TPSA) is 9.23 Å². The molecule has 1 aromatic carbocycles. The summed E-state index contributed by atoms with van der Waals surface area (Å²) < 4.78 is 5.40. The van der Waals surface area contributed by atoms with Crippen LogP contribution in [-0.2, 0) is 0 Å². The van der Waals surface area contributed by atoms with Crippen LogP contribution in [0.5, 0.6) is 5.75 Å². The summed E-state index contributed by atoms with van der Waals surface area (Å²) in [5, 5.41) is 0. The van der Waals surface area contributed by atoms with Crippen LogP contribution in [-0.4, -0.2) is 15.0 Å². The Bertz CT molecular complexity index is 333. The van der Waals surface area contributed by atoms with Crippen molar-refractivity contribution in [2.45, 2.75) is 9.79 Å². The van der Waals surface area contributed by atoms with E-state index in [2.05, 4.69) is 20.0 Å². The molecule has 1 aromatic rings. The minimum Gasteiger partial charge on any atom is -0.439 e. The number of benzene rings is 1. The van der Waals surface area contributed by atoms with Crippen molar-refractivity contribution in [1.82, 2.24) is 0 Å². The summed E-state index contributed by atoms with van der Waals surface area (Å²) in [7, 11) is 9.53. The first-order chi connectivity index (χ1) is 6.31. The zero-order valence-corrected chi connectivity index (χ0v) is 10.5. The van der Waals surface area contributed by atoms with E-state index in [9.17, 15) is 0 Å². The molecule has 0 spiro atoms. The first kappa shape index (κ1) is 10.1. The standard InChI is InChI=1S/C6H6B2OS4/c7-4-1-3(9-12-8)2-5-6(4)11-13-10-5/h1-2H,7-8H2. The van der Waals surface area contributed by atoms with Crippen LogP contribution in [0.15, 0.2) is 21.9 Å². The maximum atomic E-state index is 5.40. The molecule has 0 N–H and O–H groups in total. The van der Waals surface area contributed by atoms with E-state index in [4.69, 9.17) is 4.18 Å². The molecule has 0 aliphatic carbocycles. The molecule has 2 rings (SSSR count). The fourth-order valence-electron chi connectivity index (χ4n) is 1.11. The van der Waals surface area contributed by atoms with Crippen molar-refractivity contribution in [3.63, 3.8) is 0 Å². The summed E-state index contributed by atoms with van der Waals surface area (Å²) >= 11 is 1.39. The molecule has 0 saturated heterocycles. The van der Waals surface area contributed by atoms with Crippen LogP contribution in [0.3, 0.4) is 0 Å². The van der Waals surface area contributed by atoms with E-state index >= 15 is 0 Å². The van der Waals surface area contributed by atoms with Gasteiger partial charge in [-0.25, -0.2) is 0 Å². The molecule has 0 amide bonds. The lowest BCUT2D eigenvalue weighted by Crippen LogP contribution is -2.05. The maximum Gasteiger partial charge on any atom is 0.227 e. The first-order valence-electron chi connectivity index (χ1n) is 3.68. The molecule has 66 valence electrons. The molecular weight excluding hydrogens is 238 g/mol. The largest absolute Gasteiger partial charge is 0.439 e. The molecule has 7 heteroatoms. The molecular formula is C6H6B2OS4. The van der Waals surface area contributed by atoms with Gasteiger partial charge in [0, 0.05) is 9.79 Å². The molecule has 0 bridgehead atoms. The summed E-state index contributed by atoms with van der Waals surface area (Å²) in [5.41, 5.74) is 1.31. The van der Waals surface area contributed by atoms with Gasteiger partial charge in [-0.1, -0.05) is 5.46 Å². The van der Waals surface area contributed by atoms with Gasteiger partial charge in [0.1, 0.15) is 13.6 Å². The van der Waals surface area contributed by atoms with Gasteiger partial charge in [-0.15, -0.1) is 0 Å². The quantitative estimate of drug-likeness (QED) is 0.439. The number of fused-ring (bicyclic) bond motifs is 1. The molecule has 13 heavy (non-hydrogen) atoms. The number of rotatable bonds is 2. The van der Waals surface area contributed by atoms with Crippen LogP contribution >= 0.6 is 43.3 Å². The molecule has 1 aliphatic rings. The zero-order valence-electron chi connectivity index (χ0n) is 7.20. The van der Waals surface area contributed by atoms with E-state index in [1.165, 1.54) is 27.1 Å². The Morgan fingerprint density at radius 2 is 2.15 bits per heavy atom. The van der Waals surface area contributed by atoms with Gasteiger partial charge >= 0.3 is 0 Å². The fourth-order valence-corrected chi connectivity index (χ4v) is 6.04. The van der Waals surface area contributed by atoms with Crippen molar-refractivity contribution in [3.05, 3.63) is 12.1 Å². The first-order valence-corrected chi connectivity index (χ1v) is 8.31. The third kappa shape index (κ3) is 2.14. The lowest BCUT2D eigenvalue weighted by molar-refractivity contribution is 0.652. The molecule has 1 nitrogen and oxygen atoms in total. The second-order valence-electron chi connectivity index (χ2n) is 2.55. The van der Waals surface area contributed by atoms with Crippen molar-refractivity contribution >= 4 is 63.7 Å². The highest BCUT2D eigenvalue weighted by molar-refractivity contribution is 9.10. The molecule has 1 aliphatic heterocycles. The van der Waals surface area contributed by atoms with E-state index < -0.39 is 0 Å². The number of hydrogen-bond donors (Lipinski definition) is 0. The third-order valence-corrected chi connectivity index (χ3v) is 6.14. The SMILES string of the molecule is BSOc1cc(B)c2c(c1)SSS2. The van der Waals surface area contributed by atoms with Gasteiger partial charge in [-0.05, 0) is 55.4 Å². The van der Waals surface area contributed by atoms with Crippen molar-refractivity contribution < 1.29 is 4.18 Å². The van der Waals surface area contributed by atoms with E-state index in [0.29, 0.717) is 0 Å². The van der Waals surface area contributed by atoms with Crippen molar-refractivity contribution in [3.8, 4) is 5.75 Å². The van der Waals surface area contributed by atoms with Crippen LogP contribution in [0.1, 0.15) is 0 Å². The minimum absolute atomic E-state index is 0.958. The Balaban J connectivity index is 2.37. The van der Waals surface area contributed by atoms with Crippen molar-refractivity contribution in [2.24, 2.45) is 0 Å². The van der Waals surface area contributed by atoms with Gasteiger partial charge in [0.2, 0.25) is 7.12 Å². The Morgan fingerprint density at radius 3 is 2.92 bits per heavy atom. The second-order valence-corrected chi connectivity index (χ2v) is 7.00. The molecule has 0 radical (unpaired) electrons. The van der Waals surface area contributed by atoms with E-state index in [1.54, 1.807) is 0 Å². The van der Waals surface area contributed by atoms with Crippen LogP contribution < -0.4 is 9.65 Å². The fraction of sp³-hybridized carbons (Fsp3) is 0. The maximum absolute atomic E-state index is 5.40. The average Bonchev–Trinajstić information content (AvgIpc) is 2.53. The highest BCUT2D eigenvalue weighted by atomic mass is 33.5. The van der Waals surface area contributed by atoms with Crippen LogP contribution in [0, 0.1) is 0 Å². The molecule has 1 heterocycles. The van der Waals surface area contributed by atoms with Gasteiger partial charge in [0.05, 0.1) is 0 Å². The van der Waals surface area contributed by atoms with Crippen molar-refractivity contribution in [1.29, 1.82) is 0 Å². The van der Waals surface area contributed by atoms with E-state index in [1.807, 2.05) is 38.5 Å². The Kier molecular flexibility index (Phi) is 3.40. The smallest absolute Gasteiger partial charge is 0.227 e. The summed E-state index contributed by atoms with van der Waals surface area (Å²) in [5.74, 6) is 0.958. The van der Waals surface area contributed by atoms with Gasteiger partial charge in [-0.2, -0.15) is 0 Å². The van der Waals surface area contributed by atoms with E-state index in [-0.39, 0.29) is 0 Å². The van der Waals surface area contributed by atoms with Gasteiger partial charge in [-0.3, -0.25) is 0 Å². The number of hydrogen-bond acceptors (Lipinski definition) is 5. The van der Waals surface area contributed by atoms with Gasteiger partial charge in [0.15, 0.2) is 0 Å². The highest BCUT2D eigenvalue weighted by Crippen LogP contribution is 2.55. The molecule has 0 aromatic heterocycles. The summed E-state index contributed by atoms with van der Waals surface area (Å²) in [6.07, 6.45) is 0. The van der Waals surface area contributed by atoms with Crippen LogP contribution in [0.25, 0.3) is 0 Å². The molecule has 0 unspecified atom stereocenters. The summed E-state index contributed by atoms with van der Waals surface area (Å²) in [6.45, 7) is 0. The molecule has 0 fully saturated rings. The Morgan fingerprint density at radius 1 is 1.31 bits per heavy atom. The predicted octanol–water partition coefficient (Wildman–Crippen LogP) is 1.28. The lowest BCUT2D eigenvalue weighted by atomic mass is 9.96. The molecule has 0 saturated carbocycles. The third-order valence-electron chi connectivity index (χ3n) is 1.63. The van der Waals surface area contributed by atoms with E-state index in [0.717, 1.165) is 5.75 Å². The Hall–Kier alpha value is 0.550. The summed E-state index contributed by atoms with van der Waals surface area (Å²) in [4.78, 5) is 2.72. The van der Waals surface area contributed by atoms with Crippen molar-refractivity contribution in [2.75, 3.05) is 0 Å². The minimum atomic E-state index is 0.958. The predicted molar refractivity (Wildman–Crippen MR) is 70.7 cm³/mol. The van der Waals surface area contributed by atoms with Gasteiger partial charge in [0.25, 0.3) is 0 Å².